The molecule has 2 fully saturated rings. The molecule has 0 bridgehead atoms. The van der Waals surface area contributed by atoms with Crippen LogP contribution in [-0.4, -0.2) is 54.3 Å². The van der Waals surface area contributed by atoms with Gasteiger partial charge in [0, 0.05) is 38.6 Å². The molecule has 0 amide bonds. The van der Waals surface area contributed by atoms with E-state index in [2.05, 4.69) is 16.7 Å². The molecule has 0 aromatic heterocycles. The highest BCUT2D eigenvalue weighted by Crippen LogP contribution is 2.27. The van der Waals surface area contributed by atoms with Crippen molar-refractivity contribution in [3.05, 3.63) is 0 Å². The molecule has 3 nitrogen and oxygen atoms in total. The van der Waals surface area contributed by atoms with Gasteiger partial charge in [-0.3, -0.25) is 14.6 Å². The molecule has 0 unspecified atom stereocenters. The van der Waals surface area contributed by atoms with Crippen LogP contribution in [0.3, 0.4) is 0 Å². The molecule has 3 heteroatoms. The fraction of sp³-hybridized carbons (Fsp3) is 0.917. The van der Waals surface area contributed by atoms with Crippen LogP contribution < -0.4 is 0 Å². The van der Waals surface area contributed by atoms with Gasteiger partial charge in [0.2, 0.25) is 0 Å². The maximum Gasteiger partial charge on any atom is 0.146 e. The second kappa shape index (κ2) is 5.08. The van der Waals surface area contributed by atoms with E-state index in [1.54, 1.807) is 0 Å². The van der Waals surface area contributed by atoms with Gasteiger partial charge in [-0.1, -0.05) is 6.92 Å². The molecule has 0 radical (unpaired) electrons. The number of hydrogen-bond acceptors (Lipinski definition) is 3. The summed E-state index contributed by atoms with van der Waals surface area (Å²) in [5, 5.41) is 0. The van der Waals surface area contributed by atoms with Crippen molar-refractivity contribution >= 4 is 5.78 Å². The largest absolute Gasteiger partial charge is 0.298 e. The zero-order valence-corrected chi connectivity index (χ0v) is 9.74. The molecule has 0 N–H and O–H groups in total. The van der Waals surface area contributed by atoms with E-state index in [0.717, 1.165) is 32.0 Å². The van der Waals surface area contributed by atoms with Gasteiger partial charge in [0.05, 0.1) is 6.54 Å². The first kappa shape index (κ1) is 11.1. The lowest BCUT2D eigenvalue weighted by Crippen LogP contribution is -2.48. The predicted octanol–water partition coefficient (Wildman–Crippen LogP) is 1.14. The van der Waals surface area contributed by atoms with Crippen molar-refractivity contribution < 1.29 is 4.79 Å². The minimum atomic E-state index is 0.414. The first-order chi connectivity index (χ1) is 7.29. The number of hydrogen-bond donors (Lipinski definition) is 0. The molecule has 15 heavy (non-hydrogen) atoms. The van der Waals surface area contributed by atoms with E-state index < -0.39 is 0 Å². The van der Waals surface area contributed by atoms with Crippen molar-refractivity contribution in [2.24, 2.45) is 0 Å². The van der Waals surface area contributed by atoms with Crippen LogP contribution in [0.15, 0.2) is 0 Å². The van der Waals surface area contributed by atoms with Gasteiger partial charge in [-0.15, -0.1) is 0 Å². The molecule has 2 aliphatic rings. The Hall–Kier alpha value is -0.410. The molecule has 1 saturated heterocycles. The van der Waals surface area contributed by atoms with Crippen molar-refractivity contribution in [1.82, 2.24) is 9.80 Å². The molecule has 1 heterocycles. The van der Waals surface area contributed by atoms with Crippen LogP contribution in [0.4, 0.5) is 0 Å². The summed E-state index contributed by atoms with van der Waals surface area (Å²) >= 11 is 0. The quantitative estimate of drug-likeness (QED) is 0.680. The highest BCUT2D eigenvalue weighted by atomic mass is 16.1. The van der Waals surface area contributed by atoms with Gasteiger partial charge in [0.1, 0.15) is 5.78 Å². The van der Waals surface area contributed by atoms with Crippen LogP contribution in [0.25, 0.3) is 0 Å². The third-order valence-corrected chi connectivity index (χ3v) is 3.40. The smallest absolute Gasteiger partial charge is 0.146 e. The highest BCUT2D eigenvalue weighted by Gasteiger charge is 2.31. The Balaban J connectivity index is 1.66. The Kier molecular flexibility index (Phi) is 3.76. The van der Waals surface area contributed by atoms with Gasteiger partial charge in [-0.2, -0.15) is 0 Å². The van der Waals surface area contributed by atoms with Crippen molar-refractivity contribution in [2.75, 3.05) is 32.7 Å². The van der Waals surface area contributed by atoms with Gasteiger partial charge < -0.3 is 0 Å². The first-order valence-corrected chi connectivity index (χ1v) is 6.27. The molecule has 0 aromatic rings. The molecule has 1 aliphatic heterocycles. The maximum atomic E-state index is 11.5. The summed E-state index contributed by atoms with van der Waals surface area (Å²) in [7, 11) is 0. The Morgan fingerprint density at radius 1 is 1.20 bits per heavy atom. The number of Topliss-reactive ketones (excluding diaryl/α,β-unsaturated/α-hetero) is 1. The second-order valence-electron chi connectivity index (χ2n) is 4.83. The van der Waals surface area contributed by atoms with Gasteiger partial charge in [-0.25, -0.2) is 0 Å². The maximum absolute atomic E-state index is 11.5. The average molecular weight is 210 g/mol. The minimum absolute atomic E-state index is 0.414. The molecule has 86 valence electrons. The van der Waals surface area contributed by atoms with Gasteiger partial charge in [0.25, 0.3) is 0 Å². The van der Waals surface area contributed by atoms with Crippen molar-refractivity contribution in [3.8, 4) is 0 Å². The van der Waals surface area contributed by atoms with E-state index in [1.165, 1.54) is 25.9 Å². The summed E-state index contributed by atoms with van der Waals surface area (Å²) in [5.74, 6) is 0.414. The molecule has 0 atom stereocenters. The molecule has 1 aliphatic carbocycles. The zero-order chi connectivity index (χ0) is 10.7. The Labute approximate surface area is 92.4 Å². The number of ketones is 1. The normalized spacial score (nSPS) is 24.3. The van der Waals surface area contributed by atoms with E-state index in [9.17, 15) is 4.79 Å². The summed E-state index contributed by atoms with van der Waals surface area (Å²) < 4.78 is 0. The number of carbonyl (C=O) groups is 1. The molecular formula is C12H22N2O. The Bertz CT molecular complexity index is 218. The summed E-state index contributed by atoms with van der Waals surface area (Å²) in [5.41, 5.74) is 0. The van der Waals surface area contributed by atoms with Gasteiger partial charge >= 0.3 is 0 Å². The minimum Gasteiger partial charge on any atom is -0.298 e. The summed E-state index contributed by atoms with van der Waals surface area (Å²) in [4.78, 5) is 16.4. The number of rotatable bonds is 5. The fourth-order valence-corrected chi connectivity index (χ4v) is 2.33. The van der Waals surface area contributed by atoms with Crippen molar-refractivity contribution in [3.63, 3.8) is 0 Å². The fourth-order valence-electron chi connectivity index (χ4n) is 2.33. The van der Waals surface area contributed by atoms with Gasteiger partial charge in [-0.05, 0) is 19.3 Å². The molecule has 2 rings (SSSR count). The van der Waals surface area contributed by atoms with Crippen molar-refractivity contribution in [2.45, 2.75) is 38.6 Å². The van der Waals surface area contributed by atoms with Crippen LogP contribution in [0.2, 0.25) is 0 Å². The first-order valence-electron chi connectivity index (χ1n) is 6.27. The zero-order valence-electron chi connectivity index (χ0n) is 9.74. The van der Waals surface area contributed by atoms with Crippen LogP contribution in [0, 0.1) is 0 Å². The predicted molar refractivity (Wildman–Crippen MR) is 61.0 cm³/mol. The van der Waals surface area contributed by atoms with Crippen LogP contribution in [0.1, 0.15) is 32.6 Å². The topological polar surface area (TPSA) is 23.6 Å². The molecule has 0 spiro atoms. The summed E-state index contributed by atoms with van der Waals surface area (Å²) in [6.07, 6.45) is 4.53. The Morgan fingerprint density at radius 2 is 1.87 bits per heavy atom. The third kappa shape index (κ3) is 3.28. The van der Waals surface area contributed by atoms with E-state index in [-0.39, 0.29) is 0 Å². The third-order valence-electron chi connectivity index (χ3n) is 3.40. The van der Waals surface area contributed by atoms with Crippen molar-refractivity contribution in [1.29, 1.82) is 0 Å². The van der Waals surface area contributed by atoms with Crippen LogP contribution in [-0.2, 0) is 4.79 Å². The second-order valence-corrected chi connectivity index (χ2v) is 4.83. The molecule has 1 saturated carbocycles. The van der Waals surface area contributed by atoms with E-state index in [4.69, 9.17) is 0 Å². The lowest BCUT2D eigenvalue weighted by Gasteiger charge is -2.34. The lowest BCUT2D eigenvalue weighted by atomic mass is 10.2. The van der Waals surface area contributed by atoms with Gasteiger partial charge in [0.15, 0.2) is 0 Å². The average Bonchev–Trinajstić information content (AvgIpc) is 3.03. The molecular weight excluding hydrogens is 188 g/mol. The summed E-state index contributed by atoms with van der Waals surface area (Å²) in [6, 6.07) is 0.887. The monoisotopic (exact) mass is 210 g/mol. The SMILES string of the molecule is CCCC(=O)CN1CCN(C2CC2)CC1. The standard InChI is InChI=1S/C12H22N2O/c1-2-3-12(15)10-13-6-8-14(9-7-13)11-4-5-11/h11H,2-10H2,1H3. The Morgan fingerprint density at radius 3 is 2.40 bits per heavy atom. The summed E-state index contributed by atoms with van der Waals surface area (Å²) in [6.45, 7) is 7.28. The van der Waals surface area contributed by atoms with Crippen LogP contribution >= 0.6 is 0 Å². The number of carbonyl (C=O) groups excluding carboxylic acids is 1. The van der Waals surface area contributed by atoms with E-state index in [1.807, 2.05) is 0 Å². The van der Waals surface area contributed by atoms with E-state index >= 15 is 0 Å². The molecule has 0 aromatic carbocycles. The highest BCUT2D eigenvalue weighted by molar-refractivity contribution is 5.80. The number of piperazine rings is 1. The lowest BCUT2D eigenvalue weighted by molar-refractivity contribution is -0.120. The van der Waals surface area contributed by atoms with E-state index in [0.29, 0.717) is 12.3 Å². The number of nitrogens with zero attached hydrogens (tertiary/aromatic N) is 2. The van der Waals surface area contributed by atoms with Crippen LogP contribution in [0.5, 0.6) is 0 Å².